The third-order valence-corrected chi connectivity index (χ3v) is 15.2. The molecule has 0 N–H and O–H groups in total. The molecule has 0 radical (unpaired) electrons. The fourth-order valence-electron chi connectivity index (χ4n) is 10.1. The Hall–Kier alpha value is -2.24. The zero-order valence-electron chi connectivity index (χ0n) is 51.8. The van der Waals surface area contributed by atoms with E-state index in [0.717, 1.165) is 64.2 Å². The van der Waals surface area contributed by atoms with E-state index in [0.29, 0.717) is 25.7 Å². The van der Waals surface area contributed by atoms with Crippen LogP contribution in [0, 0.1) is 0 Å². The fraction of sp³-hybridized carbons (Fsp3) is 0.886. The molecule has 0 saturated carbocycles. The van der Waals surface area contributed by atoms with Crippen molar-refractivity contribution < 1.29 is 28.7 Å². The first-order valence-electron chi connectivity index (χ1n) is 34.2. The molecule has 0 heterocycles. The van der Waals surface area contributed by atoms with Crippen LogP contribution in [0.2, 0.25) is 0 Å². The van der Waals surface area contributed by atoms with Gasteiger partial charge in [0.1, 0.15) is 0 Å². The molecule has 0 amide bonds. The normalized spacial score (nSPS) is 11.4. The molecule has 0 bridgehead atoms. The summed E-state index contributed by atoms with van der Waals surface area (Å²) in [5.41, 5.74) is 0. The summed E-state index contributed by atoms with van der Waals surface area (Å²) in [6.07, 6.45) is 79.4. The maximum Gasteiger partial charge on any atom is 0.313 e. The van der Waals surface area contributed by atoms with Crippen LogP contribution >= 0.6 is 0 Å². The van der Waals surface area contributed by atoms with Crippen LogP contribution in [-0.4, -0.2) is 23.9 Å². The Balaban J connectivity index is 0. The molecule has 0 rings (SSSR count). The zero-order chi connectivity index (χ0) is 55.6. The van der Waals surface area contributed by atoms with Gasteiger partial charge in [-0.2, -0.15) is 0 Å². The SMILES string of the molecule is CCCCCCCC/C=C\CCCCCCCC(=O)OC(=O)CCCCCCCCCCCCCCC.CCCCCCCC/C=C\CCCCCCCC(=O)OC(=O)CCCCCCCCCCCCCCCCC. The van der Waals surface area contributed by atoms with Crippen molar-refractivity contribution in [3.05, 3.63) is 24.3 Å². The Morgan fingerprint density at radius 3 is 0.487 bits per heavy atom. The number of ether oxygens (including phenoxy) is 2. The minimum Gasteiger partial charge on any atom is -0.393 e. The van der Waals surface area contributed by atoms with Crippen LogP contribution in [0.5, 0.6) is 0 Å². The van der Waals surface area contributed by atoms with Crippen molar-refractivity contribution in [1.29, 1.82) is 0 Å². The van der Waals surface area contributed by atoms with Crippen LogP contribution in [0.1, 0.15) is 400 Å². The summed E-state index contributed by atoms with van der Waals surface area (Å²) >= 11 is 0. The van der Waals surface area contributed by atoms with Gasteiger partial charge in [0.25, 0.3) is 0 Å². The highest BCUT2D eigenvalue weighted by molar-refractivity contribution is 5.85. The van der Waals surface area contributed by atoms with E-state index in [9.17, 15) is 19.2 Å². The summed E-state index contributed by atoms with van der Waals surface area (Å²) in [6, 6.07) is 0. The lowest BCUT2D eigenvalue weighted by Gasteiger charge is -2.04. The molecular weight excluding hydrogens is 937 g/mol. The van der Waals surface area contributed by atoms with Crippen LogP contribution in [-0.2, 0) is 28.7 Å². The second kappa shape index (κ2) is 68.9. The molecule has 0 aromatic heterocycles. The van der Waals surface area contributed by atoms with Crippen LogP contribution in [0.25, 0.3) is 0 Å². The summed E-state index contributed by atoms with van der Waals surface area (Å²) in [5.74, 6) is -1.33. The molecule has 0 saturated heterocycles. The lowest BCUT2D eigenvalue weighted by molar-refractivity contribution is -0.161. The molecule has 0 aromatic rings. The Kier molecular flexibility index (Phi) is 68.7. The van der Waals surface area contributed by atoms with Crippen LogP contribution in [0.15, 0.2) is 24.3 Å². The maximum absolute atomic E-state index is 11.9. The first kappa shape index (κ1) is 75.8. The summed E-state index contributed by atoms with van der Waals surface area (Å²) < 4.78 is 9.99. The molecule has 0 aromatic carbocycles. The topological polar surface area (TPSA) is 86.7 Å². The number of hydrogen-bond acceptors (Lipinski definition) is 6. The molecule has 0 atom stereocenters. The molecule has 0 aliphatic rings. The highest BCUT2D eigenvalue weighted by atomic mass is 16.6. The number of unbranched alkanes of at least 4 members (excludes halogenated alkanes) is 48. The standard InChI is InChI=1S/C36H68O3.C34H64O3/c1-3-5-7-9-11-13-15-17-19-21-23-25-27-29-31-33-35(37)39-36(38)34-32-30-28-26-24-22-20-18-16-14-12-10-8-6-4-2;1-3-5-7-9-11-13-15-17-18-20-22-24-26-28-30-32-34(36)37-33(35)31-29-27-25-23-21-19-16-14-12-10-8-6-4-2/h17,19H,3-16,18,20-34H2,1-2H3;17-18H,3-16,19-32H2,1-2H3/b19-17-;18-17-. The molecule has 448 valence electrons. The predicted molar refractivity (Wildman–Crippen MR) is 331 cm³/mol. The van der Waals surface area contributed by atoms with E-state index in [1.165, 1.54) is 283 Å². The third kappa shape index (κ3) is 69.8. The van der Waals surface area contributed by atoms with Gasteiger partial charge in [-0.15, -0.1) is 0 Å². The summed E-state index contributed by atoms with van der Waals surface area (Å²) in [7, 11) is 0. The van der Waals surface area contributed by atoms with Crippen molar-refractivity contribution in [1.82, 2.24) is 0 Å². The molecule has 0 unspecified atom stereocenters. The van der Waals surface area contributed by atoms with Gasteiger partial charge in [0, 0.05) is 25.7 Å². The van der Waals surface area contributed by atoms with Crippen molar-refractivity contribution in [2.45, 2.75) is 400 Å². The lowest BCUT2D eigenvalue weighted by atomic mass is 10.0. The minimum atomic E-state index is -0.336. The highest BCUT2D eigenvalue weighted by Crippen LogP contribution is 2.17. The van der Waals surface area contributed by atoms with Gasteiger partial charge >= 0.3 is 23.9 Å². The van der Waals surface area contributed by atoms with Gasteiger partial charge in [-0.25, -0.2) is 0 Å². The van der Waals surface area contributed by atoms with Crippen molar-refractivity contribution in [3.63, 3.8) is 0 Å². The fourth-order valence-corrected chi connectivity index (χ4v) is 10.1. The first-order chi connectivity index (χ1) is 37.4. The number of carbonyl (C=O) groups excluding carboxylic acids is 4. The molecule has 0 fully saturated rings. The number of rotatable bonds is 60. The molecule has 0 aliphatic heterocycles. The Bertz CT molecular complexity index is 1240. The van der Waals surface area contributed by atoms with E-state index in [1.54, 1.807) is 0 Å². The number of carbonyl (C=O) groups is 4. The average Bonchev–Trinajstić information content (AvgIpc) is 3.41. The molecule has 0 spiro atoms. The number of esters is 4. The predicted octanol–water partition coefficient (Wildman–Crippen LogP) is 23.9. The highest BCUT2D eigenvalue weighted by Gasteiger charge is 2.11. The van der Waals surface area contributed by atoms with Gasteiger partial charge in [-0.1, -0.05) is 322 Å². The second-order valence-corrected chi connectivity index (χ2v) is 23.1. The van der Waals surface area contributed by atoms with Gasteiger partial charge in [0.2, 0.25) is 0 Å². The second-order valence-electron chi connectivity index (χ2n) is 23.1. The Labute approximate surface area is 474 Å². The van der Waals surface area contributed by atoms with E-state index in [4.69, 9.17) is 9.47 Å². The van der Waals surface area contributed by atoms with E-state index in [1.807, 2.05) is 0 Å². The van der Waals surface area contributed by atoms with E-state index < -0.39 is 0 Å². The summed E-state index contributed by atoms with van der Waals surface area (Å²) in [5, 5.41) is 0. The molecule has 76 heavy (non-hydrogen) atoms. The summed E-state index contributed by atoms with van der Waals surface area (Å²) in [4.78, 5) is 47.5. The van der Waals surface area contributed by atoms with Crippen molar-refractivity contribution in [2.75, 3.05) is 0 Å². The van der Waals surface area contributed by atoms with E-state index in [-0.39, 0.29) is 23.9 Å². The van der Waals surface area contributed by atoms with Crippen molar-refractivity contribution in [2.24, 2.45) is 0 Å². The van der Waals surface area contributed by atoms with Crippen LogP contribution in [0.3, 0.4) is 0 Å². The van der Waals surface area contributed by atoms with E-state index >= 15 is 0 Å². The molecule has 6 nitrogen and oxygen atoms in total. The van der Waals surface area contributed by atoms with Crippen molar-refractivity contribution >= 4 is 23.9 Å². The lowest BCUT2D eigenvalue weighted by Crippen LogP contribution is -2.11. The third-order valence-electron chi connectivity index (χ3n) is 15.2. The Morgan fingerprint density at radius 1 is 0.197 bits per heavy atom. The van der Waals surface area contributed by atoms with Gasteiger partial charge < -0.3 is 9.47 Å². The largest absolute Gasteiger partial charge is 0.393 e. The first-order valence-corrected chi connectivity index (χ1v) is 34.2. The van der Waals surface area contributed by atoms with Gasteiger partial charge in [0.15, 0.2) is 0 Å². The molecule has 6 heteroatoms. The number of hydrogen-bond donors (Lipinski definition) is 0. The van der Waals surface area contributed by atoms with Crippen molar-refractivity contribution in [3.8, 4) is 0 Å². The zero-order valence-corrected chi connectivity index (χ0v) is 51.8. The van der Waals surface area contributed by atoms with Crippen LogP contribution < -0.4 is 0 Å². The average molecular weight is 1070 g/mol. The molecular formula is C70H132O6. The van der Waals surface area contributed by atoms with Gasteiger partial charge in [0.05, 0.1) is 0 Å². The smallest absolute Gasteiger partial charge is 0.313 e. The van der Waals surface area contributed by atoms with Gasteiger partial charge in [-0.3, -0.25) is 19.2 Å². The van der Waals surface area contributed by atoms with E-state index in [2.05, 4.69) is 52.0 Å². The van der Waals surface area contributed by atoms with Gasteiger partial charge in [-0.05, 0) is 77.0 Å². The van der Waals surface area contributed by atoms with Crippen LogP contribution in [0.4, 0.5) is 0 Å². The summed E-state index contributed by atoms with van der Waals surface area (Å²) in [6.45, 7) is 9.07. The monoisotopic (exact) mass is 1070 g/mol. The quantitative estimate of drug-likeness (QED) is 0.0261. The number of allylic oxidation sites excluding steroid dienone is 4. The molecule has 0 aliphatic carbocycles. The Morgan fingerprint density at radius 2 is 0.329 bits per heavy atom. The minimum absolute atomic E-state index is 0.331. The maximum atomic E-state index is 11.9.